The summed E-state index contributed by atoms with van der Waals surface area (Å²) in [5, 5.41) is 14.9. The Labute approximate surface area is 126 Å². The average Bonchev–Trinajstić information content (AvgIpc) is 3.08. The van der Waals surface area contributed by atoms with Crippen LogP contribution in [0.15, 0.2) is 0 Å². The van der Waals surface area contributed by atoms with Crippen molar-refractivity contribution in [2.24, 2.45) is 5.92 Å². The number of hydrogen-bond acceptors (Lipinski definition) is 3. The molecular weight excluding hydrogens is 268 g/mol. The summed E-state index contributed by atoms with van der Waals surface area (Å²) in [5.41, 5.74) is -1.05. The molecule has 2 amide bonds. The molecule has 21 heavy (non-hydrogen) atoms. The van der Waals surface area contributed by atoms with E-state index in [0.29, 0.717) is 0 Å². The second kappa shape index (κ2) is 6.44. The Balaban J connectivity index is 2.40. The lowest BCUT2D eigenvalue weighted by Gasteiger charge is -2.24. The Bertz CT molecular complexity index is 446. The minimum atomic E-state index is -0.773. The molecule has 0 bridgehead atoms. The van der Waals surface area contributed by atoms with E-state index in [2.05, 4.69) is 16.7 Å². The van der Waals surface area contributed by atoms with E-state index in [1.807, 2.05) is 20.8 Å². The van der Waals surface area contributed by atoms with Crippen LogP contribution < -0.4 is 15.5 Å². The first kappa shape index (κ1) is 17.4. The van der Waals surface area contributed by atoms with E-state index in [1.165, 1.54) is 0 Å². The van der Waals surface area contributed by atoms with Gasteiger partial charge in [-0.25, -0.2) is 0 Å². The number of likely N-dealkylation sites (N-methyl/N-ethyl adjacent to an activating group) is 1. The van der Waals surface area contributed by atoms with E-state index in [4.69, 9.17) is 0 Å². The van der Waals surface area contributed by atoms with Crippen molar-refractivity contribution in [2.45, 2.75) is 51.6 Å². The third kappa shape index (κ3) is 6.13. The minimum absolute atomic E-state index is 0.0852. The van der Waals surface area contributed by atoms with Gasteiger partial charge in [0.2, 0.25) is 0 Å². The van der Waals surface area contributed by atoms with Crippen LogP contribution in [0.5, 0.6) is 0 Å². The van der Waals surface area contributed by atoms with Crippen LogP contribution in [-0.2, 0) is 9.59 Å². The topological polar surface area (TPSA) is 86.4 Å². The minimum Gasteiger partial charge on any atom is -0.347 e. The number of carbonyl (C=O) groups excluding carboxylic acids is 2. The lowest BCUT2D eigenvalue weighted by molar-refractivity contribution is -0.862. The largest absolute Gasteiger partial charge is 0.347 e. The maximum Gasteiger partial charge on any atom is 0.276 e. The van der Waals surface area contributed by atoms with Crippen LogP contribution in [0, 0.1) is 17.2 Å². The number of hydrogen-bond donors (Lipinski definition) is 3. The molecule has 6 heteroatoms. The number of amides is 2. The second-order valence-corrected chi connectivity index (χ2v) is 7.25. The highest BCUT2D eigenvalue weighted by Gasteiger charge is 2.43. The van der Waals surface area contributed by atoms with Crippen molar-refractivity contribution < 1.29 is 14.5 Å². The Kier molecular flexibility index (Phi) is 5.35. The van der Waals surface area contributed by atoms with Crippen LogP contribution in [0.4, 0.5) is 0 Å². The van der Waals surface area contributed by atoms with Crippen molar-refractivity contribution in [1.82, 2.24) is 10.6 Å². The van der Waals surface area contributed by atoms with E-state index in [1.54, 1.807) is 14.0 Å². The van der Waals surface area contributed by atoms with E-state index in [-0.39, 0.29) is 36.4 Å². The molecule has 0 aromatic rings. The number of carbonyl (C=O) groups is 2. The molecular formula is C15H27N4O2+. The van der Waals surface area contributed by atoms with Crippen LogP contribution >= 0.6 is 0 Å². The van der Waals surface area contributed by atoms with Crippen molar-refractivity contribution in [2.75, 3.05) is 20.1 Å². The fourth-order valence-electron chi connectivity index (χ4n) is 2.29. The van der Waals surface area contributed by atoms with Gasteiger partial charge in [-0.15, -0.1) is 0 Å². The van der Waals surface area contributed by atoms with Crippen LogP contribution in [0.3, 0.4) is 0 Å². The van der Waals surface area contributed by atoms with Crippen molar-refractivity contribution in [3.05, 3.63) is 0 Å². The molecule has 1 unspecified atom stereocenters. The van der Waals surface area contributed by atoms with E-state index in [0.717, 1.165) is 17.7 Å². The van der Waals surface area contributed by atoms with Crippen LogP contribution in [0.1, 0.15) is 40.5 Å². The van der Waals surface area contributed by atoms with Gasteiger partial charge in [-0.2, -0.15) is 5.26 Å². The molecule has 3 N–H and O–H groups in total. The highest BCUT2D eigenvalue weighted by Crippen LogP contribution is 2.38. The summed E-state index contributed by atoms with van der Waals surface area (Å²) in [6.45, 7) is 7.94. The summed E-state index contributed by atoms with van der Waals surface area (Å²) >= 11 is 0. The molecule has 0 heterocycles. The Morgan fingerprint density at radius 2 is 1.62 bits per heavy atom. The van der Waals surface area contributed by atoms with Crippen LogP contribution in [0.25, 0.3) is 0 Å². The number of nitrogens with one attached hydrogen (secondary N) is 3. The molecule has 0 aromatic heterocycles. The van der Waals surface area contributed by atoms with E-state index >= 15 is 0 Å². The van der Waals surface area contributed by atoms with Gasteiger partial charge in [-0.3, -0.25) is 9.59 Å². The lowest BCUT2D eigenvalue weighted by Crippen LogP contribution is -3.11. The fraction of sp³-hybridized carbons (Fsp3) is 0.800. The zero-order valence-corrected chi connectivity index (χ0v) is 13.7. The summed E-state index contributed by atoms with van der Waals surface area (Å²) < 4.78 is 0. The molecule has 2 atom stereocenters. The first-order valence-corrected chi connectivity index (χ1v) is 7.40. The SMILES string of the molecule is C[NH+](CC(=O)NC(C)(C)C)CC(=O)N[C@](C)(C#N)C1CC1. The fourth-order valence-corrected chi connectivity index (χ4v) is 2.29. The second-order valence-electron chi connectivity index (χ2n) is 7.25. The van der Waals surface area contributed by atoms with Gasteiger partial charge in [0.15, 0.2) is 13.1 Å². The zero-order valence-electron chi connectivity index (χ0n) is 13.7. The molecule has 1 saturated carbocycles. The molecule has 118 valence electrons. The summed E-state index contributed by atoms with van der Waals surface area (Å²) in [4.78, 5) is 24.6. The molecule has 0 aliphatic heterocycles. The van der Waals surface area contributed by atoms with Gasteiger partial charge in [0.05, 0.1) is 13.1 Å². The summed E-state index contributed by atoms with van der Waals surface area (Å²) in [7, 11) is 1.79. The van der Waals surface area contributed by atoms with Crippen molar-refractivity contribution in [1.29, 1.82) is 5.26 Å². The molecule has 6 nitrogen and oxygen atoms in total. The number of nitriles is 1. The van der Waals surface area contributed by atoms with Crippen molar-refractivity contribution >= 4 is 11.8 Å². The monoisotopic (exact) mass is 295 g/mol. The molecule has 0 aromatic carbocycles. The maximum atomic E-state index is 12.0. The molecule has 0 spiro atoms. The number of quaternary nitrogens is 1. The Morgan fingerprint density at radius 3 is 2.00 bits per heavy atom. The third-order valence-electron chi connectivity index (χ3n) is 3.46. The molecule has 0 radical (unpaired) electrons. The smallest absolute Gasteiger partial charge is 0.276 e. The Morgan fingerprint density at radius 1 is 1.14 bits per heavy atom. The quantitative estimate of drug-likeness (QED) is 0.601. The van der Waals surface area contributed by atoms with Crippen LogP contribution in [0.2, 0.25) is 0 Å². The number of rotatable bonds is 6. The predicted molar refractivity (Wildman–Crippen MR) is 79.4 cm³/mol. The number of nitrogens with zero attached hydrogens (tertiary/aromatic N) is 1. The van der Waals surface area contributed by atoms with Gasteiger partial charge in [-0.05, 0) is 46.5 Å². The standard InChI is InChI=1S/C15H26N4O2/c1-14(2,3)17-12(20)8-19(5)9-13(21)18-15(4,10-16)11-6-7-11/h11H,6-9H2,1-5H3,(H,17,20)(H,18,21)/p+1/t15-/m1/s1. The maximum absolute atomic E-state index is 12.0. The first-order chi connectivity index (χ1) is 9.55. The summed E-state index contributed by atoms with van der Waals surface area (Å²) in [6.07, 6.45) is 1.97. The predicted octanol–water partition coefficient (Wildman–Crippen LogP) is -0.776. The zero-order chi connectivity index (χ0) is 16.3. The van der Waals surface area contributed by atoms with Gasteiger partial charge < -0.3 is 15.5 Å². The van der Waals surface area contributed by atoms with Gasteiger partial charge in [0, 0.05) is 5.54 Å². The normalized spacial score (nSPS) is 19.0. The summed E-state index contributed by atoms with van der Waals surface area (Å²) in [6, 6.07) is 2.20. The average molecular weight is 295 g/mol. The summed E-state index contributed by atoms with van der Waals surface area (Å²) in [5.74, 6) is -0.0130. The van der Waals surface area contributed by atoms with Gasteiger partial charge in [0.1, 0.15) is 5.54 Å². The molecule has 0 saturated heterocycles. The highest BCUT2D eigenvalue weighted by atomic mass is 16.2. The first-order valence-electron chi connectivity index (χ1n) is 7.40. The Hall–Kier alpha value is -1.61. The van der Waals surface area contributed by atoms with Gasteiger partial charge in [0.25, 0.3) is 11.8 Å². The van der Waals surface area contributed by atoms with E-state index < -0.39 is 5.54 Å². The molecule has 1 aliphatic rings. The van der Waals surface area contributed by atoms with E-state index in [9.17, 15) is 14.9 Å². The van der Waals surface area contributed by atoms with Crippen molar-refractivity contribution in [3.8, 4) is 6.07 Å². The molecule has 1 aliphatic carbocycles. The lowest BCUT2D eigenvalue weighted by atomic mass is 9.98. The molecule has 1 fully saturated rings. The van der Waals surface area contributed by atoms with Gasteiger partial charge >= 0.3 is 0 Å². The van der Waals surface area contributed by atoms with Crippen LogP contribution in [-0.4, -0.2) is 43.0 Å². The van der Waals surface area contributed by atoms with Gasteiger partial charge in [-0.1, -0.05) is 0 Å². The highest BCUT2D eigenvalue weighted by molar-refractivity contribution is 5.80. The molecule has 1 rings (SSSR count). The third-order valence-corrected chi connectivity index (χ3v) is 3.46. The van der Waals surface area contributed by atoms with Crippen molar-refractivity contribution in [3.63, 3.8) is 0 Å².